The fourth-order valence-corrected chi connectivity index (χ4v) is 6.65. The fourth-order valence-electron chi connectivity index (χ4n) is 4.78. The number of amides is 2. The Morgan fingerprint density at radius 1 is 0.867 bits per heavy atom. The van der Waals surface area contributed by atoms with Gasteiger partial charge in [-0.3, -0.25) is 24.0 Å². The van der Waals surface area contributed by atoms with Crippen molar-refractivity contribution in [3.63, 3.8) is 0 Å². The number of hydrogen-bond acceptors (Lipinski definition) is 6. The highest BCUT2D eigenvalue weighted by Gasteiger charge is 2.35. The van der Waals surface area contributed by atoms with Crippen molar-refractivity contribution >= 4 is 49.1 Å². The van der Waals surface area contributed by atoms with E-state index in [1.807, 2.05) is 62.4 Å². The molecule has 0 aromatic heterocycles. The maximum atomic E-state index is 14.4. The quantitative estimate of drug-likeness (QED) is 0.141. The smallest absolute Gasteiger partial charge is 0.271 e. The molecule has 0 fully saturated rings. The number of carbonyl (C=O) groups excluding carboxylic acids is 2. The number of nitrogens with one attached hydrogen (secondary N) is 1. The number of anilines is 1. The van der Waals surface area contributed by atoms with Crippen molar-refractivity contribution in [2.75, 3.05) is 10.8 Å². The van der Waals surface area contributed by atoms with E-state index >= 15 is 0 Å². The van der Waals surface area contributed by atoms with Crippen LogP contribution in [0.5, 0.6) is 0 Å². The lowest BCUT2D eigenvalue weighted by Crippen LogP contribution is -2.54. The number of rotatable bonds is 13. The number of halogens is 1. The van der Waals surface area contributed by atoms with Crippen molar-refractivity contribution in [1.82, 2.24) is 10.2 Å². The number of hydrogen-bond donors (Lipinski definition) is 1. The lowest BCUT2D eigenvalue weighted by molar-refractivity contribution is -0.384. The van der Waals surface area contributed by atoms with Crippen LogP contribution >= 0.6 is 15.9 Å². The van der Waals surface area contributed by atoms with Crippen molar-refractivity contribution in [2.24, 2.45) is 0 Å². The molecule has 4 aromatic rings. The molecule has 0 aliphatic carbocycles. The molecular weight excluding hydrogens is 660 g/mol. The van der Waals surface area contributed by atoms with Crippen molar-refractivity contribution < 1.29 is 22.9 Å². The molecule has 4 aromatic carbocycles. The lowest BCUT2D eigenvalue weighted by atomic mass is 10.0. The molecule has 2 amide bonds. The van der Waals surface area contributed by atoms with Crippen LogP contribution in [-0.2, 0) is 32.6 Å². The van der Waals surface area contributed by atoms with Crippen molar-refractivity contribution in [3.8, 4) is 0 Å². The lowest BCUT2D eigenvalue weighted by Gasteiger charge is -2.34. The fraction of sp³-hybridized carbons (Fsp3) is 0.212. The standard InChI is InChI=1S/C33H33BrN4O6S/c1-24(2)35-33(40)31(20-25-11-5-3-6-12-25)36(22-26-13-9-14-27(34)19-26)32(39)23-37(28-15-10-16-29(21-28)38(41)42)45(43,44)30-17-7-4-8-18-30/h3-19,21,24,31H,20,22-23H2,1-2H3,(H,35,40)/t31-/m1/s1. The molecule has 0 radical (unpaired) electrons. The monoisotopic (exact) mass is 692 g/mol. The molecule has 10 nitrogen and oxygen atoms in total. The SMILES string of the molecule is CC(C)NC(=O)[C@@H](Cc1ccccc1)N(Cc1cccc(Br)c1)C(=O)CN(c1cccc([N+](=O)[O-])c1)S(=O)(=O)c1ccccc1. The van der Waals surface area contributed by atoms with Gasteiger partial charge in [-0.15, -0.1) is 0 Å². The van der Waals surface area contributed by atoms with Crippen LogP contribution in [0.15, 0.2) is 119 Å². The van der Waals surface area contributed by atoms with E-state index < -0.39 is 39.3 Å². The average Bonchev–Trinajstić information content (AvgIpc) is 3.02. The second kappa shape index (κ2) is 15.0. The van der Waals surface area contributed by atoms with Gasteiger partial charge in [0, 0.05) is 35.6 Å². The van der Waals surface area contributed by atoms with Gasteiger partial charge in [-0.2, -0.15) is 0 Å². The molecule has 0 spiro atoms. The molecule has 1 atom stereocenters. The molecule has 4 rings (SSSR count). The number of non-ortho nitro benzene ring substituents is 1. The summed E-state index contributed by atoms with van der Waals surface area (Å²) in [4.78, 5) is 40.4. The van der Waals surface area contributed by atoms with E-state index in [4.69, 9.17) is 0 Å². The second-order valence-electron chi connectivity index (χ2n) is 10.6. The third-order valence-corrected chi connectivity index (χ3v) is 9.16. The minimum atomic E-state index is -4.37. The Balaban J connectivity index is 1.83. The van der Waals surface area contributed by atoms with Gasteiger partial charge in [0.2, 0.25) is 11.8 Å². The molecule has 0 aliphatic heterocycles. The normalized spacial score (nSPS) is 11.9. The zero-order chi connectivity index (χ0) is 32.6. The summed E-state index contributed by atoms with van der Waals surface area (Å²) in [7, 11) is -4.37. The molecule has 0 aliphatic rings. The molecule has 12 heteroatoms. The Bertz CT molecular complexity index is 1750. The van der Waals surface area contributed by atoms with E-state index in [2.05, 4.69) is 21.2 Å². The first kappa shape index (κ1) is 33.3. The summed E-state index contributed by atoms with van der Waals surface area (Å²) in [6, 6.07) is 27.9. The zero-order valence-electron chi connectivity index (χ0n) is 24.7. The third-order valence-electron chi connectivity index (χ3n) is 6.88. The molecule has 1 N–H and O–H groups in total. The van der Waals surface area contributed by atoms with Crippen LogP contribution in [-0.4, -0.2) is 48.7 Å². The summed E-state index contributed by atoms with van der Waals surface area (Å²) in [5.41, 5.74) is 1.12. The predicted octanol–water partition coefficient (Wildman–Crippen LogP) is 5.72. The molecule has 0 saturated carbocycles. The first-order chi connectivity index (χ1) is 21.5. The van der Waals surface area contributed by atoms with Crippen LogP contribution in [0.4, 0.5) is 11.4 Å². The molecule has 0 heterocycles. The van der Waals surface area contributed by atoms with Gasteiger partial charge in [-0.1, -0.05) is 82.7 Å². The minimum Gasteiger partial charge on any atom is -0.352 e. The molecule has 0 saturated heterocycles. The van der Waals surface area contributed by atoms with Gasteiger partial charge in [-0.25, -0.2) is 8.42 Å². The number of nitro groups is 1. The number of benzene rings is 4. The summed E-state index contributed by atoms with van der Waals surface area (Å²) >= 11 is 3.46. The minimum absolute atomic E-state index is 0.00451. The van der Waals surface area contributed by atoms with Crippen LogP contribution in [0.1, 0.15) is 25.0 Å². The largest absolute Gasteiger partial charge is 0.352 e. The van der Waals surface area contributed by atoms with E-state index in [0.29, 0.717) is 5.56 Å². The number of sulfonamides is 1. The number of nitro benzene ring substituents is 1. The maximum absolute atomic E-state index is 14.4. The van der Waals surface area contributed by atoms with Gasteiger partial charge in [0.15, 0.2) is 0 Å². The van der Waals surface area contributed by atoms with Crippen LogP contribution in [0, 0.1) is 10.1 Å². The Morgan fingerprint density at radius 2 is 1.49 bits per heavy atom. The van der Waals surface area contributed by atoms with Gasteiger partial charge in [0.1, 0.15) is 12.6 Å². The zero-order valence-corrected chi connectivity index (χ0v) is 27.1. The summed E-state index contributed by atoms with van der Waals surface area (Å²) in [5, 5.41) is 14.5. The summed E-state index contributed by atoms with van der Waals surface area (Å²) in [6.07, 6.45) is 0.168. The van der Waals surface area contributed by atoms with Crippen LogP contribution in [0.2, 0.25) is 0 Å². The summed E-state index contributed by atoms with van der Waals surface area (Å²) in [6.45, 7) is 2.91. The van der Waals surface area contributed by atoms with E-state index in [-0.39, 0.29) is 35.3 Å². The van der Waals surface area contributed by atoms with E-state index in [9.17, 15) is 28.1 Å². The second-order valence-corrected chi connectivity index (χ2v) is 13.4. The Hall–Kier alpha value is -4.55. The van der Waals surface area contributed by atoms with E-state index in [0.717, 1.165) is 20.4 Å². The van der Waals surface area contributed by atoms with Gasteiger partial charge < -0.3 is 10.2 Å². The molecule has 0 bridgehead atoms. The predicted molar refractivity (Wildman–Crippen MR) is 176 cm³/mol. The van der Waals surface area contributed by atoms with Gasteiger partial charge in [0.05, 0.1) is 15.5 Å². The van der Waals surface area contributed by atoms with Crippen molar-refractivity contribution in [2.45, 2.75) is 43.8 Å². The molecule has 234 valence electrons. The topological polar surface area (TPSA) is 130 Å². The van der Waals surface area contributed by atoms with Gasteiger partial charge in [0.25, 0.3) is 15.7 Å². The Kier molecular flexibility index (Phi) is 11.1. The average molecular weight is 694 g/mol. The summed E-state index contributed by atoms with van der Waals surface area (Å²) in [5.74, 6) is -1.06. The Morgan fingerprint density at radius 3 is 2.11 bits per heavy atom. The Labute approximate surface area is 271 Å². The molecular formula is C33H33BrN4O6S. The van der Waals surface area contributed by atoms with Crippen LogP contribution in [0.25, 0.3) is 0 Å². The van der Waals surface area contributed by atoms with Gasteiger partial charge >= 0.3 is 0 Å². The first-order valence-electron chi connectivity index (χ1n) is 14.2. The van der Waals surface area contributed by atoms with E-state index in [1.165, 1.54) is 35.2 Å². The third kappa shape index (κ3) is 8.77. The van der Waals surface area contributed by atoms with Crippen LogP contribution < -0.4 is 9.62 Å². The molecule has 45 heavy (non-hydrogen) atoms. The maximum Gasteiger partial charge on any atom is 0.271 e. The highest BCUT2D eigenvalue weighted by molar-refractivity contribution is 9.10. The number of nitrogens with zero attached hydrogens (tertiary/aromatic N) is 3. The highest BCUT2D eigenvalue weighted by atomic mass is 79.9. The summed E-state index contributed by atoms with van der Waals surface area (Å²) < 4.78 is 29.7. The molecule has 0 unspecified atom stereocenters. The van der Waals surface area contributed by atoms with E-state index in [1.54, 1.807) is 24.3 Å². The van der Waals surface area contributed by atoms with Gasteiger partial charge in [-0.05, 0) is 55.3 Å². The van der Waals surface area contributed by atoms with Crippen molar-refractivity contribution in [3.05, 3.63) is 135 Å². The van der Waals surface area contributed by atoms with Crippen molar-refractivity contribution in [1.29, 1.82) is 0 Å². The first-order valence-corrected chi connectivity index (χ1v) is 16.4. The number of carbonyl (C=O) groups is 2. The highest BCUT2D eigenvalue weighted by Crippen LogP contribution is 2.28. The van der Waals surface area contributed by atoms with Crippen LogP contribution in [0.3, 0.4) is 0 Å².